The third-order valence-electron chi connectivity index (χ3n) is 1.87. The van der Waals surface area contributed by atoms with Crippen LogP contribution in [-0.4, -0.2) is 12.8 Å². The van der Waals surface area contributed by atoms with Gasteiger partial charge in [-0.2, -0.15) is 0 Å². The smallest absolute Gasteiger partial charge is 0.0738 e. The van der Waals surface area contributed by atoms with Crippen molar-refractivity contribution in [3.05, 3.63) is 42.1 Å². The molecule has 1 heterocycles. The van der Waals surface area contributed by atoms with Crippen molar-refractivity contribution in [3.8, 4) is 0 Å². The summed E-state index contributed by atoms with van der Waals surface area (Å²) < 4.78 is 0. The van der Waals surface area contributed by atoms with Crippen LogP contribution in [0.2, 0.25) is 0 Å². The van der Waals surface area contributed by atoms with Gasteiger partial charge in [0, 0.05) is 11.1 Å². The fraction of sp³-hybridized carbons (Fsp3) is 0.100. The van der Waals surface area contributed by atoms with E-state index < -0.39 is 0 Å². The Balaban J connectivity index is 2.67. The van der Waals surface area contributed by atoms with Crippen molar-refractivity contribution >= 4 is 18.7 Å². The van der Waals surface area contributed by atoms with Crippen LogP contribution < -0.4 is 0 Å². The SMILES string of the molecule is [B]Cc1ccc2ccccc2n1. The van der Waals surface area contributed by atoms with E-state index in [1.807, 2.05) is 36.4 Å². The van der Waals surface area contributed by atoms with Gasteiger partial charge in [0.05, 0.1) is 13.4 Å². The predicted molar refractivity (Wildman–Crippen MR) is 51.2 cm³/mol. The molecule has 1 aromatic carbocycles. The first-order valence-corrected chi connectivity index (χ1v) is 3.95. The van der Waals surface area contributed by atoms with Crippen LogP contribution in [0.1, 0.15) is 5.69 Å². The second kappa shape index (κ2) is 2.98. The predicted octanol–water partition coefficient (Wildman–Crippen LogP) is 1.90. The molecule has 2 heteroatoms. The van der Waals surface area contributed by atoms with E-state index in [-0.39, 0.29) is 0 Å². The Hall–Kier alpha value is -1.31. The molecular formula is C10H8BN. The van der Waals surface area contributed by atoms with Gasteiger partial charge in [0.15, 0.2) is 0 Å². The van der Waals surface area contributed by atoms with Gasteiger partial charge < -0.3 is 0 Å². The third kappa shape index (κ3) is 1.20. The summed E-state index contributed by atoms with van der Waals surface area (Å²) in [5, 5.41) is 1.16. The van der Waals surface area contributed by atoms with E-state index in [0.29, 0.717) is 6.32 Å². The van der Waals surface area contributed by atoms with E-state index in [4.69, 9.17) is 7.85 Å². The molecule has 0 atom stereocenters. The lowest BCUT2D eigenvalue weighted by Gasteiger charge is -1.98. The summed E-state index contributed by atoms with van der Waals surface area (Å²) in [6, 6.07) is 12.0. The number of nitrogens with zero attached hydrogens (tertiary/aromatic N) is 1. The standard InChI is InChI=1S/C10H8BN/c11-7-9-6-5-8-3-1-2-4-10(8)12-9/h1-6H,7H2. The fourth-order valence-corrected chi connectivity index (χ4v) is 1.22. The fourth-order valence-electron chi connectivity index (χ4n) is 1.22. The van der Waals surface area contributed by atoms with Crippen molar-refractivity contribution in [2.45, 2.75) is 6.32 Å². The van der Waals surface area contributed by atoms with Crippen molar-refractivity contribution in [3.63, 3.8) is 0 Å². The van der Waals surface area contributed by atoms with Crippen molar-refractivity contribution < 1.29 is 0 Å². The monoisotopic (exact) mass is 153 g/mol. The van der Waals surface area contributed by atoms with E-state index in [9.17, 15) is 0 Å². The summed E-state index contributed by atoms with van der Waals surface area (Å²) in [4.78, 5) is 4.37. The maximum absolute atomic E-state index is 5.48. The van der Waals surface area contributed by atoms with E-state index in [2.05, 4.69) is 4.98 Å². The highest BCUT2D eigenvalue weighted by atomic mass is 14.7. The van der Waals surface area contributed by atoms with E-state index in [1.165, 1.54) is 0 Å². The average molecular weight is 153 g/mol. The van der Waals surface area contributed by atoms with Gasteiger partial charge in [-0.1, -0.05) is 24.3 Å². The number of aromatic nitrogens is 1. The molecule has 0 aliphatic heterocycles. The number of hydrogen-bond acceptors (Lipinski definition) is 1. The van der Waals surface area contributed by atoms with E-state index in [1.54, 1.807) is 0 Å². The van der Waals surface area contributed by atoms with E-state index in [0.717, 1.165) is 16.6 Å². The molecule has 0 amide bonds. The minimum Gasteiger partial charge on any atom is -0.254 e. The molecule has 0 bridgehead atoms. The van der Waals surface area contributed by atoms with Gasteiger partial charge in [-0.3, -0.25) is 4.98 Å². The Morgan fingerprint density at radius 2 is 1.92 bits per heavy atom. The number of benzene rings is 1. The largest absolute Gasteiger partial charge is 0.254 e. The van der Waals surface area contributed by atoms with E-state index >= 15 is 0 Å². The topological polar surface area (TPSA) is 12.9 Å². The van der Waals surface area contributed by atoms with Gasteiger partial charge in [-0.15, -0.1) is 0 Å². The number of para-hydroxylation sites is 1. The first-order chi connectivity index (χ1) is 5.90. The van der Waals surface area contributed by atoms with Crippen molar-refractivity contribution in [1.82, 2.24) is 4.98 Å². The van der Waals surface area contributed by atoms with Gasteiger partial charge in [-0.05, 0) is 18.5 Å². The molecule has 0 aliphatic carbocycles. The molecule has 56 valence electrons. The maximum Gasteiger partial charge on any atom is 0.0738 e. The Labute approximate surface area is 72.8 Å². The Morgan fingerprint density at radius 3 is 2.75 bits per heavy atom. The van der Waals surface area contributed by atoms with Crippen molar-refractivity contribution in [2.24, 2.45) is 0 Å². The van der Waals surface area contributed by atoms with Gasteiger partial charge in [-0.25, -0.2) is 0 Å². The first kappa shape index (κ1) is 7.35. The summed E-state index contributed by atoms with van der Waals surface area (Å²) in [6.07, 6.45) is 0.505. The minimum atomic E-state index is 0.505. The van der Waals surface area contributed by atoms with Crippen molar-refractivity contribution in [1.29, 1.82) is 0 Å². The van der Waals surface area contributed by atoms with Crippen molar-refractivity contribution in [2.75, 3.05) is 0 Å². The van der Waals surface area contributed by atoms with Gasteiger partial charge in [0.25, 0.3) is 0 Å². The molecule has 0 aliphatic rings. The third-order valence-corrected chi connectivity index (χ3v) is 1.87. The molecule has 2 rings (SSSR count). The number of hydrogen-bond donors (Lipinski definition) is 0. The zero-order valence-corrected chi connectivity index (χ0v) is 6.70. The van der Waals surface area contributed by atoms with Gasteiger partial charge in [0.1, 0.15) is 0 Å². The van der Waals surface area contributed by atoms with Crippen LogP contribution in [0.3, 0.4) is 0 Å². The second-order valence-corrected chi connectivity index (χ2v) is 2.70. The number of pyridine rings is 1. The molecule has 1 aromatic heterocycles. The van der Waals surface area contributed by atoms with Crippen LogP contribution in [0.15, 0.2) is 36.4 Å². The molecule has 12 heavy (non-hydrogen) atoms. The Morgan fingerprint density at radius 1 is 1.08 bits per heavy atom. The minimum absolute atomic E-state index is 0.505. The maximum atomic E-state index is 5.48. The molecule has 0 saturated carbocycles. The summed E-state index contributed by atoms with van der Waals surface area (Å²) in [5.74, 6) is 0. The van der Waals surface area contributed by atoms with Crippen LogP contribution in [0.4, 0.5) is 0 Å². The highest BCUT2D eigenvalue weighted by Crippen LogP contribution is 2.11. The lowest BCUT2D eigenvalue weighted by Crippen LogP contribution is -1.88. The van der Waals surface area contributed by atoms with Crippen LogP contribution in [0.25, 0.3) is 10.9 Å². The Bertz CT molecular complexity index is 398. The van der Waals surface area contributed by atoms with Gasteiger partial charge in [0.2, 0.25) is 0 Å². The van der Waals surface area contributed by atoms with Crippen LogP contribution in [0.5, 0.6) is 0 Å². The number of rotatable bonds is 1. The summed E-state index contributed by atoms with van der Waals surface area (Å²) in [6.45, 7) is 0. The molecular weight excluding hydrogens is 145 g/mol. The lowest BCUT2D eigenvalue weighted by atomic mass is 10.0. The van der Waals surface area contributed by atoms with Crippen LogP contribution in [0, 0.1) is 0 Å². The Kier molecular flexibility index (Phi) is 1.82. The highest BCUT2D eigenvalue weighted by Gasteiger charge is 1.93. The summed E-state index contributed by atoms with van der Waals surface area (Å²) in [5.41, 5.74) is 1.95. The zero-order chi connectivity index (χ0) is 8.39. The molecule has 0 saturated heterocycles. The molecule has 0 spiro atoms. The highest BCUT2D eigenvalue weighted by molar-refractivity contribution is 6.08. The normalized spacial score (nSPS) is 10.3. The molecule has 1 nitrogen and oxygen atoms in total. The first-order valence-electron chi connectivity index (χ1n) is 3.95. The lowest BCUT2D eigenvalue weighted by molar-refractivity contribution is 1.22. The molecule has 2 radical (unpaired) electrons. The zero-order valence-electron chi connectivity index (χ0n) is 6.70. The second-order valence-electron chi connectivity index (χ2n) is 2.70. The van der Waals surface area contributed by atoms with Crippen LogP contribution in [-0.2, 0) is 6.32 Å². The quantitative estimate of drug-likeness (QED) is 0.570. The summed E-state index contributed by atoms with van der Waals surface area (Å²) >= 11 is 0. The number of fused-ring (bicyclic) bond motifs is 1. The van der Waals surface area contributed by atoms with Gasteiger partial charge >= 0.3 is 0 Å². The molecule has 2 aromatic rings. The molecule has 0 N–H and O–H groups in total. The molecule has 0 unspecified atom stereocenters. The molecule has 0 fully saturated rings. The average Bonchev–Trinajstić information content (AvgIpc) is 2.17. The summed E-state index contributed by atoms with van der Waals surface area (Å²) in [7, 11) is 5.48. The van der Waals surface area contributed by atoms with Crippen LogP contribution >= 0.6 is 0 Å².